The van der Waals surface area contributed by atoms with E-state index in [4.69, 9.17) is 9.72 Å². The number of carbonyl (C=O) groups excluding carboxylic acids is 3. The molecule has 336 valence electrons. The predicted molar refractivity (Wildman–Crippen MR) is 224 cm³/mol. The lowest BCUT2D eigenvalue weighted by Gasteiger charge is -2.40. The molecule has 4 atom stereocenters. The minimum Gasteiger partial charge on any atom is -0.374 e. The van der Waals surface area contributed by atoms with Crippen LogP contribution in [0.3, 0.4) is 0 Å². The average Bonchev–Trinajstić information content (AvgIpc) is 4.12. The van der Waals surface area contributed by atoms with Gasteiger partial charge in [-0.05, 0) is 75.6 Å². The molecule has 10 rings (SSSR count). The zero-order valence-corrected chi connectivity index (χ0v) is 35.1. The summed E-state index contributed by atoms with van der Waals surface area (Å²) < 4.78 is 71.4. The second-order valence-corrected chi connectivity index (χ2v) is 17.8. The zero-order valence-electron chi connectivity index (χ0n) is 35.1. The van der Waals surface area contributed by atoms with Gasteiger partial charge in [0.1, 0.15) is 17.4 Å². The first-order chi connectivity index (χ1) is 30.8. The van der Waals surface area contributed by atoms with Gasteiger partial charge in [-0.3, -0.25) is 38.4 Å². The van der Waals surface area contributed by atoms with Crippen LogP contribution in [0.15, 0.2) is 47.7 Å². The van der Waals surface area contributed by atoms with Gasteiger partial charge in [0, 0.05) is 51.3 Å². The van der Waals surface area contributed by atoms with Crippen molar-refractivity contribution in [2.45, 2.75) is 94.4 Å². The van der Waals surface area contributed by atoms with E-state index in [1.54, 1.807) is 36.3 Å². The molecular formula is C44H47F4N11O5. The third kappa shape index (κ3) is 7.71. The Labute approximate surface area is 363 Å². The van der Waals surface area contributed by atoms with Crippen molar-refractivity contribution in [2.24, 2.45) is 18.9 Å². The van der Waals surface area contributed by atoms with Gasteiger partial charge in [0.2, 0.25) is 11.8 Å². The Kier molecular flexibility index (Phi) is 10.8. The first kappa shape index (κ1) is 41.9. The number of carbonyl (C=O) groups is 3. The number of halogens is 4. The van der Waals surface area contributed by atoms with Crippen LogP contribution >= 0.6 is 0 Å². The minimum absolute atomic E-state index is 0.0380. The van der Waals surface area contributed by atoms with Crippen LogP contribution in [0.1, 0.15) is 97.9 Å². The number of imide groups is 1. The highest BCUT2D eigenvalue weighted by atomic mass is 19.3. The fraction of sp³-hybridized carbons (Fsp3) is 0.523. The van der Waals surface area contributed by atoms with Crippen LogP contribution in [-0.2, 0) is 21.4 Å². The fourth-order valence-electron chi connectivity index (χ4n) is 10.4. The molecule has 64 heavy (non-hydrogen) atoms. The molecule has 5 fully saturated rings. The molecule has 5 aromatic rings. The molecule has 2 bridgehead atoms. The lowest BCUT2D eigenvalue weighted by Crippen LogP contribution is -2.49. The number of para-hydroxylation sites is 1. The molecule has 1 aromatic carbocycles. The number of amides is 3. The van der Waals surface area contributed by atoms with Crippen LogP contribution in [0.5, 0.6) is 0 Å². The molecule has 20 heteroatoms. The summed E-state index contributed by atoms with van der Waals surface area (Å²) in [7, 11) is 1.57. The van der Waals surface area contributed by atoms with Gasteiger partial charge in [0.15, 0.2) is 11.3 Å². The molecule has 16 nitrogen and oxygen atoms in total. The number of rotatable bonds is 9. The topological polar surface area (TPSA) is 166 Å². The summed E-state index contributed by atoms with van der Waals surface area (Å²) in [5.74, 6) is 1.30. The quantitative estimate of drug-likeness (QED) is 0.119. The second-order valence-electron chi connectivity index (χ2n) is 17.8. The molecule has 0 radical (unpaired) electrons. The van der Waals surface area contributed by atoms with Gasteiger partial charge in [0.25, 0.3) is 18.3 Å². The van der Waals surface area contributed by atoms with Crippen molar-refractivity contribution in [1.82, 2.24) is 43.7 Å². The Morgan fingerprint density at radius 1 is 1.08 bits per heavy atom. The van der Waals surface area contributed by atoms with Crippen molar-refractivity contribution >= 4 is 45.9 Å². The van der Waals surface area contributed by atoms with Crippen LogP contribution in [0, 0.1) is 23.7 Å². The van der Waals surface area contributed by atoms with Gasteiger partial charge >= 0.3 is 5.69 Å². The smallest absolute Gasteiger partial charge is 0.329 e. The maximum Gasteiger partial charge on any atom is 0.329 e. The van der Waals surface area contributed by atoms with Gasteiger partial charge < -0.3 is 15.0 Å². The number of morpholine rings is 1. The third-order valence-corrected chi connectivity index (χ3v) is 13.7. The molecule has 2 unspecified atom stereocenters. The normalized spacial score (nSPS) is 25.9. The number of hydrogen-bond acceptors (Lipinski definition) is 10. The summed E-state index contributed by atoms with van der Waals surface area (Å²) in [6, 6.07) is 6.11. The van der Waals surface area contributed by atoms with Crippen LogP contribution in [0.25, 0.3) is 16.7 Å². The van der Waals surface area contributed by atoms with Gasteiger partial charge in [-0.1, -0.05) is 17.9 Å². The minimum atomic E-state index is -2.98. The van der Waals surface area contributed by atoms with Crippen LogP contribution in [0.2, 0.25) is 0 Å². The van der Waals surface area contributed by atoms with Crippen molar-refractivity contribution in [1.29, 1.82) is 0 Å². The van der Waals surface area contributed by atoms with E-state index in [0.717, 1.165) is 6.42 Å². The molecule has 5 aliphatic rings. The number of hydrogen-bond donors (Lipinski definition) is 2. The van der Waals surface area contributed by atoms with Crippen molar-refractivity contribution in [3.8, 4) is 11.8 Å². The molecule has 2 N–H and O–H groups in total. The SMILES string of the molecule is Cn1c(=O)n(C2CCC(=O)NC2=O)c2cccc(C#CCC3CCN(CC4CCC(n5cc(NC(=O)c6cnn7ccc(N8C[C@H]9C[C@@H]8CO9)nc67)c(C(F)F)n5)CC4)CC3(F)F)c21. The third-order valence-electron chi connectivity index (χ3n) is 13.7. The fourth-order valence-corrected chi connectivity index (χ4v) is 10.4. The first-order valence-corrected chi connectivity index (χ1v) is 21.8. The number of nitrogens with one attached hydrogen (secondary N) is 2. The first-order valence-electron chi connectivity index (χ1n) is 21.8. The van der Waals surface area contributed by atoms with Crippen molar-refractivity contribution < 1.29 is 36.7 Å². The summed E-state index contributed by atoms with van der Waals surface area (Å²) in [4.78, 5) is 59.8. The summed E-state index contributed by atoms with van der Waals surface area (Å²) in [5.41, 5.74) is 0.838. The average molecular weight is 886 g/mol. The largest absolute Gasteiger partial charge is 0.374 e. The number of aromatic nitrogens is 7. The van der Waals surface area contributed by atoms with Gasteiger partial charge in [-0.15, -0.1) is 0 Å². The number of nitrogens with zero attached hydrogens (tertiary/aromatic N) is 9. The number of alkyl halides is 4. The number of imidazole rings is 1. The van der Waals surface area contributed by atoms with Gasteiger partial charge in [0.05, 0.1) is 59.8 Å². The number of anilines is 2. The number of ether oxygens (including phenoxy) is 1. The Hall–Kier alpha value is -6.07. The lowest BCUT2D eigenvalue weighted by atomic mass is 9.84. The Balaban J connectivity index is 0.741. The lowest BCUT2D eigenvalue weighted by molar-refractivity contribution is -0.135. The highest BCUT2D eigenvalue weighted by Gasteiger charge is 2.45. The van der Waals surface area contributed by atoms with Crippen LogP contribution in [-0.4, -0.2) is 107 Å². The highest BCUT2D eigenvalue weighted by Crippen LogP contribution is 2.39. The van der Waals surface area contributed by atoms with E-state index in [2.05, 4.69) is 37.6 Å². The predicted octanol–water partition coefficient (Wildman–Crippen LogP) is 4.85. The zero-order chi connectivity index (χ0) is 44.4. The molecule has 4 aromatic heterocycles. The van der Waals surface area contributed by atoms with Crippen molar-refractivity contribution in [3.05, 3.63) is 70.2 Å². The summed E-state index contributed by atoms with van der Waals surface area (Å²) in [6.07, 6.45) is 5.82. The molecular weight excluding hydrogens is 839 g/mol. The summed E-state index contributed by atoms with van der Waals surface area (Å²) in [6.45, 7) is 1.90. The number of likely N-dealkylation sites (tertiary alicyclic amines) is 1. The van der Waals surface area contributed by atoms with E-state index in [-0.39, 0.29) is 66.9 Å². The van der Waals surface area contributed by atoms with Crippen LogP contribution in [0.4, 0.5) is 29.1 Å². The molecule has 1 saturated carbocycles. The van der Waals surface area contributed by atoms with Crippen LogP contribution < -0.4 is 21.2 Å². The Morgan fingerprint density at radius 3 is 2.64 bits per heavy atom. The maximum atomic E-state index is 15.7. The number of piperidine rings is 2. The van der Waals surface area contributed by atoms with Crippen molar-refractivity contribution in [2.75, 3.05) is 43.0 Å². The standard InChI is InChI=1S/C44H47F4N11O5/c1-54-38-26(5-3-7-33(38)59(43(54)63)34-12-13-36(60)52-42(34)62)4-2-6-27-14-16-55(24-44(27,47)48)20-25-8-10-28(11-9-25)58-22-32(37(53-58)39(45)46)50-41(61)31-19-49-57-17-15-35(51-40(31)57)56-21-30-18-29(56)23-64-30/h3,5,7,15,17,19,22,25,27-30,34,39H,6,8-14,16,18,20-21,23-24H2,1H3,(H,50,61)(H,52,60,62)/t25?,27?,28?,29-,30-,34?/m1/s1. The molecule has 4 aliphatic heterocycles. The maximum absolute atomic E-state index is 15.7. The molecule has 4 saturated heterocycles. The highest BCUT2D eigenvalue weighted by molar-refractivity contribution is 6.08. The van der Waals surface area contributed by atoms with E-state index < -0.39 is 54.1 Å². The number of benzene rings is 1. The summed E-state index contributed by atoms with van der Waals surface area (Å²) >= 11 is 0. The molecule has 1 aliphatic carbocycles. The number of fused-ring (bicyclic) bond motifs is 4. The molecule has 3 amide bonds. The second kappa shape index (κ2) is 16.5. The summed E-state index contributed by atoms with van der Waals surface area (Å²) in [5, 5.41) is 13.4. The van der Waals surface area contributed by atoms with E-state index in [9.17, 15) is 28.0 Å². The van der Waals surface area contributed by atoms with Gasteiger partial charge in [-0.25, -0.2) is 31.9 Å². The molecule has 8 heterocycles. The number of aryl methyl sites for hydroxylation is 1. The molecule has 0 spiro atoms. The van der Waals surface area contributed by atoms with E-state index in [1.807, 2.05) is 6.07 Å². The van der Waals surface area contributed by atoms with E-state index >= 15 is 8.78 Å². The Bertz CT molecular complexity index is 2780. The van der Waals surface area contributed by atoms with E-state index in [1.165, 1.54) is 30.7 Å². The van der Waals surface area contributed by atoms with Gasteiger partial charge in [-0.2, -0.15) is 10.2 Å². The van der Waals surface area contributed by atoms with E-state index in [0.29, 0.717) is 80.0 Å². The van der Waals surface area contributed by atoms with Crippen molar-refractivity contribution in [3.63, 3.8) is 0 Å². The monoisotopic (exact) mass is 885 g/mol. The Morgan fingerprint density at radius 2 is 1.91 bits per heavy atom.